The molecule has 0 radical (unpaired) electrons. The van der Waals surface area contributed by atoms with Crippen molar-refractivity contribution in [2.75, 3.05) is 9.44 Å². The molecule has 0 bridgehead atoms. The van der Waals surface area contributed by atoms with Crippen molar-refractivity contribution < 1.29 is 21.2 Å². The zero-order valence-electron chi connectivity index (χ0n) is 14.1. The van der Waals surface area contributed by atoms with E-state index in [0.29, 0.717) is 5.02 Å². The predicted molar refractivity (Wildman–Crippen MR) is 106 cm³/mol. The molecule has 146 valence electrons. The average Bonchev–Trinajstić information content (AvgIpc) is 2.61. The second-order valence-corrected chi connectivity index (χ2v) is 9.51. The highest BCUT2D eigenvalue weighted by atomic mass is 35.5. The van der Waals surface area contributed by atoms with Crippen molar-refractivity contribution in [3.63, 3.8) is 0 Å². The summed E-state index contributed by atoms with van der Waals surface area (Å²) in [5.74, 6) is -0.704. The maximum Gasteiger partial charge on any atom is 0.261 e. The highest BCUT2D eigenvalue weighted by Crippen LogP contribution is 2.23. The fourth-order valence-corrected chi connectivity index (χ4v) is 4.71. The van der Waals surface area contributed by atoms with E-state index in [9.17, 15) is 21.2 Å². The largest absolute Gasteiger partial charge is 0.280 e. The van der Waals surface area contributed by atoms with Crippen molar-refractivity contribution >= 4 is 43.0 Å². The molecule has 10 heteroatoms. The van der Waals surface area contributed by atoms with Crippen LogP contribution in [0.1, 0.15) is 0 Å². The van der Waals surface area contributed by atoms with Gasteiger partial charge in [0.1, 0.15) is 5.82 Å². The zero-order valence-corrected chi connectivity index (χ0v) is 16.5. The fraction of sp³-hybridized carbons (Fsp3) is 0. The third-order valence-corrected chi connectivity index (χ3v) is 6.57. The van der Waals surface area contributed by atoms with E-state index in [1.807, 2.05) is 0 Å². The summed E-state index contributed by atoms with van der Waals surface area (Å²) in [6.07, 6.45) is 0. The lowest BCUT2D eigenvalue weighted by atomic mass is 10.3. The SMILES string of the molecule is O=S(=O)(Nc1cccc(S(=O)(=O)Nc2cccc(Cl)c2)c1)c1cccc(F)c1. The number of hydrogen-bond acceptors (Lipinski definition) is 4. The lowest BCUT2D eigenvalue weighted by Crippen LogP contribution is -2.15. The van der Waals surface area contributed by atoms with E-state index in [1.54, 1.807) is 12.1 Å². The van der Waals surface area contributed by atoms with Gasteiger partial charge in [-0.1, -0.05) is 29.8 Å². The molecule has 2 N–H and O–H groups in total. The van der Waals surface area contributed by atoms with E-state index >= 15 is 0 Å². The lowest BCUT2D eigenvalue weighted by Gasteiger charge is -2.11. The Labute approximate surface area is 167 Å². The van der Waals surface area contributed by atoms with E-state index in [-0.39, 0.29) is 21.2 Å². The van der Waals surface area contributed by atoms with Crippen molar-refractivity contribution in [1.29, 1.82) is 0 Å². The molecule has 28 heavy (non-hydrogen) atoms. The molecule has 0 amide bonds. The number of nitrogens with one attached hydrogen (secondary N) is 2. The fourth-order valence-electron chi connectivity index (χ4n) is 2.34. The van der Waals surface area contributed by atoms with Gasteiger partial charge in [-0.3, -0.25) is 9.44 Å². The minimum atomic E-state index is -4.09. The Kier molecular flexibility index (Phi) is 5.59. The van der Waals surface area contributed by atoms with E-state index in [1.165, 1.54) is 42.5 Å². The number of halogens is 2. The molecule has 0 saturated carbocycles. The van der Waals surface area contributed by atoms with Crippen LogP contribution in [0.25, 0.3) is 0 Å². The molecule has 3 aromatic rings. The van der Waals surface area contributed by atoms with Gasteiger partial charge in [-0.05, 0) is 54.6 Å². The summed E-state index contributed by atoms with van der Waals surface area (Å²) < 4.78 is 67.8. The number of rotatable bonds is 6. The van der Waals surface area contributed by atoms with Gasteiger partial charge < -0.3 is 0 Å². The van der Waals surface area contributed by atoms with Gasteiger partial charge in [-0.25, -0.2) is 21.2 Å². The quantitative estimate of drug-likeness (QED) is 0.604. The van der Waals surface area contributed by atoms with Gasteiger partial charge in [0.2, 0.25) is 0 Å². The molecule has 0 aliphatic carbocycles. The normalized spacial score (nSPS) is 11.8. The topological polar surface area (TPSA) is 92.3 Å². The Morgan fingerprint density at radius 2 is 1.18 bits per heavy atom. The molecule has 0 heterocycles. The first kappa shape index (κ1) is 20.1. The van der Waals surface area contributed by atoms with Crippen LogP contribution in [0.3, 0.4) is 0 Å². The van der Waals surface area contributed by atoms with Crippen LogP contribution in [0, 0.1) is 5.82 Å². The van der Waals surface area contributed by atoms with Crippen LogP contribution in [0.4, 0.5) is 15.8 Å². The van der Waals surface area contributed by atoms with Crippen LogP contribution in [0.15, 0.2) is 82.6 Å². The monoisotopic (exact) mass is 440 g/mol. The van der Waals surface area contributed by atoms with Gasteiger partial charge in [0.05, 0.1) is 21.2 Å². The highest BCUT2D eigenvalue weighted by molar-refractivity contribution is 7.93. The number of hydrogen-bond donors (Lipinski definition) is 2. The number of sulfonamides is 2. The third-order valence-electron chi connectivity index (χ3n) is 3.58. The molecule has 0 fully saturated rings. The van der Waals surface area contributed by atoms with E-state index < -0.39 is 25.9 Å². The van der Waals surface area contributed by atoms with Gasteiger partial charge in [0, 0.05) is 5.02 Å². The molecule has 0 spiro atoms. The summed E-state index contributed by atoms with van der Waals surface area (Å²) in [6.45, 7) is 0. The predicted octanol–water partition coefficient (Wildman–Crippen LogP) is 4.08. The standard InChI is InChI=1S/C18H14ClFN2O4S2/c19-13-4-1-6-15(10-13)21-28(25,26)18-9-3-7-16(12-18)22-27(23,24)17-8-2-5-14(20)11-17/h1-12,21-22H. The van der Waals surface area contributed by atoms with Crippen molar-refractivity contribution in [3.8, 4) is 0 Å². The molecule has 0 unspecified atom stereocenters. The van der Waals surface area contributed by atoms with Gasteiger partial charge in [0.15, 0.2) is 0 Å². The van der Waals surface area contributed by atoms with Crippen molar-refractivity contribution in [2.24, 2.45) is 0 Å². The van der Waals surface area contributed by atoms with Crippen molar-refractivity contribution in [1.82, 2.24) is 0 Å². The molecule has 3 rings (SSSR count). The first-order valence-electron chi connectivity index (χ1n) is 7.83. The summed E-state index contributed by atoms with van der Waals surface area (Å²) in [5.41, 5.74) is 0.275. The first-order chi connectivity index (χ1) is 13.2. The molecule has 0 aliphatic heterocycles. The van der Waals surface area contributed by atoms with Gasteiger partial charge in [-0.2, -0.15) is 0 Å². The van der Waals surface area contributed by atoms with Crippen LogP contribution in [0.2, 0.25) is 5.02 Å². The van der Waals surface area contributed by atoms with Gasteiger partial charge >= 0.3 is 0 Å². The smallest absolute Gasteiger partial charge is 0.261 e. The third kappa shape index (κ3) is 4.80. The Morgan fingerprint density at radius 1 is 0.679 bits per heavy atom. The van der Waals surface area contributed by atoms with Crippen molar-refractivity contribution in [3.05, 3.63) is 83.6 Å². The maximum atomic E-state index is 13.3. The summed E-state index contributed by atoms with van der Waals surface area (Å²) in [7, 11) is -8.07. The second-order valence-electron chi connectivity index (χ2n) is 5.71. The molecular weight excluding hydrogens is 427 g/mol. The lowest BCUT2D eigenvalue weighted by molar-refractivity contribution is 0.594. The van der Waals surface area contributed by atoms with Gasteiger partial charge in [0.25, 0.3) is 20.0 Å². The molecule has 3 aromatic carbocycles. The number of benzene rings is 3. The molecule has 0 aromatic heterocycles. The van der Waals surface area contributed by atoms with E-state index in [2.05, 4.69) is 9.44 Å². The Balaban J connectivity index is 1.87. The van der Waals surface area contributed by atoms with Gasteiger partial charge in [-0.15, -0.1) is 0 Å². The van der Waals surface area contributed by atoms with Crippen molar-refractivity contribution in [2.45, 2.75) is 9.79 Å². The summed E-state index contributed by atoms with van der Waals surface area (Å²) >= 11 is 5.85. The maximum absolute atomic E-state index is 13.3. The minimum Gasteiger partial charge on any atom is -0.280 e. The molecule has 0 atom stereocenters. The second kappa shape index (κ2) is 7.78. The van der Waals surface area contributed by atoms with Crippen LogP contribution in [0.5, 0.6) is 0 Å². The van der Waals surface area contributed by atoms with Crippen LogP contribution < -0.4 is 9.44 Å². The zero-order chi connectivity index (χ0) is 20.4. The van der Waals surface area contributed by atoms with Crippen LogP contribution in [-0.4, -0.2) is 16.8 Å². The molecular formula is C18H14ClFN2O4S2. The molecule has 6 nitrogen and oxygen atoms in total. The molecule has 0 aliphatic rings. The van der Waals surface area contributed by atoms with E-state index in [0.717, 1.165) is 18.2 Å². The number of anilines is 2. The van der Waals surface area contributed by atoms with E-state index in [4.69, 9.17) is 11.6 Å². The average molecular weight is 441 g/mol. The molecule has 0 saturated heterocycles. The highest BCUT2D eigenvalue weighted by Gasteiger charge is 2.18. The Morgan fingerprint density at radius 3 is 1.75 bits per heavy atom. The van der Waals surface area contributed by atoms with Crippen LogP contribution >= 0.6 is 11.6 Å². The summed E-state index contributed by atoms with van der Waals surface area (Å²) in [5, 5.41) is 0.358. The Bertz CT molecular complexity index is 1230. The minimum absolute atomic E-state index is 0.0123. The summed E-state index contributed by atoms with van der Waals surface area (Å²) in [6, 6.07) is 15.9. The first-order valence-corrected chi connectivity index (χ1v) is 11.2. The van der Waals surface area contributed by atoms with Crippen LogP contribution in [-0.2, 0) is 20.0 Å². The Hall–Kier alpha value is -2.62. The summed E-state index contributed by atoms with van der Waals surface area (Å²) in [4.78, 5) is -0.440.